The van der Waals surface area contributed by atoms with Gasteiger partial charge in [-0.15, -0.1) is 0 Å². The van der Waals surface area contributed by atoms with E-state index < -0.39 is 42.0 Å². The number of hydrogen-bond donors (Lipinski definition) is 1. The molecule has 1 nitrogen and oxygen atoms in total. The van der Waals surface area contributed by atoms with Gasteiger partial charge in [0.1, 0.15) is 0 Å². The van der Waals surface area contributed by atoms with E-state index in [0.717, 1.165) is 0 Å². The van der Waals surface area contributed by atoms with Gasteiger partial charge in [-0.2, -0.15) is 0 Å². The molecule has 0 aliphatic heterocycles. The minimum Gasteiger partial charge on any atom is -0.427 e. The maximum atomic E-state index is 13.3. The minimum atomic E-state index is -2.15. The van der Waals surface area contributed by atoms with Crippen LogP contribution in [0.4, 0.5) is 27.6 Å². The van der Waals surface area contributed by atoms with Gasteiger partial charge in [0.15, 0.2) is 29.1 Å². The van der Waals surface area contributed by atoms with Crippen molar-refractivity contribution >= 4 is 18.6 Å². The topological polar surface area (TPSA) is 12.0 Å². The van der Waals surface area contributed by atoms with E-state index in [4.69, 9.17) is 0 Å². The summed E-state index contributed by atoms with van der Waals surface area (Å²) in [6, 6.07) is 8.27. The Morgan fingerprint density at radius 3 is 1.68 bits per heavy atom. The van der Waals surface area contributed by atoms with Gasteiger partial charge in [0.2, 0.25) is 0 Å². The lowest BCUT2D eigenvalue weighted by molar-refractivity contribution is 0.384. The Hall–Kier alpha value is -2.05. The Kier molecular flexibility index (Phi) is 3.73. The first kappa shape index (κ1) is 13.4. The quantitative estimate of drug-likeness (QED) is 0.391. The van der Waals surface area contributed by atoms with Crippen LogP contribution in [0.2, 0.25) is 0 Å². The Labute approximate surface area is 106 Å². The molecule has 0 atom stereocenters. The lowest BCUT2D eigenvalue weighted by Crippen LogP contribution is -2.32. The van der Waals surface area contributed by atoms with Gasteiger partial charge in [0.05, 0.1) is 0 Å². The monoisotopic (exact) mass is 271 g/mol. The van der Waals surface area contributed by atoms with E-state index in [0.29, 0.717) is 5.69 Å². The molecule has 0 saturated heterocycles. The van der Waals surface area contributed by atoms with E-state index in [1.165, 1.54) is 0 Å². The second-order valence-corrected chi connectivity index (χ2v) is 3.77. The van der Waals surface area contributed by atoms with Crippen LogP contribution < -0.4 is 10.7 Å². The molecule has 0 aliphatic carbocycles. The summed E-state index contributed by atoms with van der Waals surface area (Å²) in [4.78, 5) is 0. The number of hydrogen-bond acceptors (Lipinski definition) is 1. The van der Waals surface area contributed by atoms with Gasteiger partial charge < -0.3 is 5.23 Å². The molecule has 0 saturated carbocycles. The number of nitrogens with one attached hydrogen (secondary N) is 1. The smallest absolute Gasteiger partial charge is 0.274 e. The molecular formula is C12H7BF5N. The van der Waals surface area contributed by atoms with E-state index >= 15 is 0 Å². The third kappa shape index (κ3) is 2.54. The summed E-state index contributed by atoms with van der Waals surface area (Å²) in [5.74, 6) is -9.68. The third-order valence-corrected chi connectivity index (χ3v) is 2.54. The highest BCUT2D eigenvalue weighted by Crippen LogP contribution is 2.15. The zero-order chi connectivity index (χ0) is 14.0. The lowest BCUT2D eigenvalue weighted by atomic mass is 9.81. The van der Waals surface area contributed by atoms with Crippen molar-refractivity contribution in [3.63, 3.8) is 0 Å². The number of halogens is 5. The predicted molar refractivity (Wildman–Crippen MR) is 63.1 cm³/mol. The van der Waals surface area contributed by atoms with Crippen molar-refractivity contribution in [2.24, 2.45) is 0 Å². The van der Waals surface area contributed by atoms with Gasteiger partial charge >= 0.3 is 0 Å². The summed E-state index contributed by atoms with van der Waals surface area (Å²) in [5.41, 5.74) is -0.383. The molecule has 0 bridgehead atoms. The van der Waals surface area contributed by atoms with Crippen LogP contribution >= 0.6 is 0 Å². The fourth-order valence-electron chi connectivity index (χ4n) is 1.55. The lowest BCUT2D eigenvalue weighted by Gasteiger charge is -2.09. The molecule has 2 rings (SSSR count). The molecule has 0 aliphatic rings. The molecule has 0 unspecified atom stereocenters. The van der Waals surface area contributed by atoms with Gasteiger partial charge in [-0.05, 0) is 12.1 Å². The summed E-state index contributed by atoms with van der Waals surface area (Å²) in [6.45, 7) is 0. The SMILES string of the molecule is Fc1c(F)c(F)c(BNc2ccccc2)c(F)c1F. The van der Waals surface area contributed by atoms with Gasteiger partial charge in [0, 0.05) is 11.2 Å². The van der Waals surface area contributed by atoms with Crippen LogP contribution in [0.15, 0.2) is 30.3 Å². The maximum absolute atomic E-state index is 13.3. The van der Waals surface area contributed by atoms with Crippen molar-refractivity contribution in [2.45, 2.75) is 0 Å². The number of anilines is 1. The largest absolute Gasteiger partial charge is 0.427 e. The third-order valence-electron chi connectivity index (χ3n) is 2.54. The predicted octanol–water partition coefficient (Wildman–Crippen LogP) is 2.47. The first-order chi connectivity index (χ1) is 9.02. The summed E-state index contributed by atoms with van der Waals surface area (Å²) in [6.07, 6.45) is 0. The summed E-state index contributed by atoms with van der Waals surface area (Å²) < 4.78 is 65.4. The van der Waals surface area contributed by atoms with Gasteiger partial charge in [-0.1, -0.05) is 18.2 Å². The number of para-hydroxylation sites is 1. The second kappa shape index (κ2) is 5.30. The van der Waals surface area contributed by atoms with Crippen LogP contribution in [0.5, 0.6) is 0 Å². The van der Waals surface area contributed by atoms with E-state index in [-0.39, 0.29) is 0 Å². The molecule has 98 valence electrons. The molecule has 2 aromatic carbocycles. The highest BCUT2D eigenvalue weighted by molar-refractivity contribution is 6.57. The van der Waals surface area contributed by atoms with E-state index in [1.54, 1.807) is 30.3 Å². The van der Waals surface area contributed by atoms with E-state index in [2.05, 4.69) is 5.23 Å². The summed E-state index contributed by atoms with van der Waals surface area (Å²) in [7, 11) is -0.504. The molecule has 0 spiro atoms. The van der Waals surface area contributed by atoms with Crippen LogP contribution in [0.3, 0.4) is 0 Å². The second-order valence-electron chi connectivity index (χ2n) is 3.77. The van der Waals surface area contributed by atoms with Crippen LogP contribution in [-0.4, -0.2) is 7.41 Å². The Morgan fingerprint density at radius 1 is 0.684 bits per heavy atom. The highest BCUT2D eigenvalue weighted by atomic mass is 19.2. The minimum absolute atomic E-state index is 0.504. The molecule has 2 aromatic rings. The first-order valence-corrected chi connectivity index (χ1v) is 5.31. The molecule has 0 fully saturated rings. The summed E-state index contributed by atoms with van der Waals surface area (Å²) >= 11 is 0. The molecule has 7 heteroatoms. The molecule has 19 heavy (non-hydrogen) atoms. The zero-order valence-electron chi connectivity index (χ0n) is 9.48. The average molecular weight is 271 g/mol. The van der Waals surface area contributed by atoms with Crippen LogP contribution in [0.25, 0.3) is 0 Å². The molecular weight excluding hydrogens is 264 g/mol. The fourth-order valence-corrected chi connectivity index (χ4v) is 1.55. The Morgan fingerprint density at radius 2 is 1.16 bits per heavy atom. The van der Waals surface area contributed by atoms with E-state index in [9.17, 15) is 22.0 Å². The molecule has 0 aromatic heterocycles. The summed E-state index contributed by atoms with van der Waals surface area (Å²) in [5, 5.41) is 2.58. The number of benzene rings is 2. The standard InChI is InChI=1S/C12H7BF5N/c14-8-7(9(15)11(17)12(18)10(8)16)13-19-6-4-2-1-3-5-6/h1-5,13,19H. The van der Waals surface area contributed by atoms with E-state index in [1.807, 2.05) is 0 Å². The first-order valence-electron chi connectivity index (χ1n) is 5.31. The Balaban J connectivity index is 2.31. The van der Waals surface area contributed by atoms with Crippen molar-refractivity contribution in [3.05, 3.63) is 59.4 Å². The van der Waals surface area contributed by atoms with Crippen molar-refractivity contribution < 1.29 is 22.0 Å². The molecule has 1 N–H and O–H groups in total. The Bertz CT molecular complexity index is 574. The average Bonchev–Trinajstić information content (AvgIpc) is 2.44. The van der Waals surface area contributed by atoms with Crippen molar-refractivity contribution in [2.75, 3.05) is 5.23 Å². The van der Waals surface area contributed by atoms with Gasteiger partial charge in [-0.3, -0.25) is 0 Å². The van der Waals surface area contributed by atoms with Crippen LogP contribution in [0.1, 0.15) is 0 Å². The number of rotatable bonds is 3. The maximum Gasteiger partial charge on any atom is 0.274 e. The van der Waals surface area contributed by atoms with Crippen LogP contribution in [0, 0.1) is 29.1 Å². The van der Waals surface area contributed by atoms with Crippen molar-refractivity contribution in [1.29, 1.82) is 0 Å². The normalized spacial score (nSPS) is 10.4. The van der Waals surface area contributed by atoms with Gasteiger partial charge in [-0.25, -0.2) is 22.0 Å². The fraction of sp³-hybridized carbons (Fsp3) is 0. The molecule has 0 radical (unpaired) electrons. The van der Waals surface area contributed by atoms with Crippen molar-refractivity contribution in [3.8, 4) is 0 Å². The van der Waals surface area contributed by atoms with Gasteiger partial charge in [0.25, 0.3) is 7.41 Å². The molecule has 0 amide bonds. The molecule has 0 heterocycles. The highest BCUT2D eigenvalue weighted by Gasteiger charge is 2.25. The van der Waals surface area contributed by atoms with Crippen molar-refractivity contribution in [1.82, 2.24) is 0 Å². The zero-order valence-corrected chi connectivity index (χ0v) is 9.48. The van der Waals surface area contributed by atoms with Crippen LogP contribution in [-0.2, 0) is 0 Å².